The van der Waals surface area contributed by atoms with Crippen LogP contribution in [-0.2, 0) is 16.1 Å². The molecule has 5 aromatic rings. The number of halogens is 1. The number of pyridine rings is 1. The largest absolute Gasteiger partial charge is 0.436 e. The first kappa shape index (κ1) is 24.2. The molecule has 1 fully saturated rings. The molecule has 0 aliphatic carbocycles. The first-order valence-electron chi connectivity index (χ1n) is 12.3. The van der Waals surface area contributed by atoms with Gasteiger partial charge >= 0.3 is 0 Å². The molecule has 0 N–H and O–H groups in total. The number of rotatable bonds is 6. The Morgan fingerprint density at radius 2 is 1.74 bits per heavy atom. The third kappa shape index (κ3) is 4.66. The number of anilines is 1. The van der Waals surface area contributed by atoms with Gasteiger partial charge in [-0.25, -0.2) is 14.3 Å². The normalized spacial score (nSPS) is 15.2. The Morgan fingerprint density at radius 3 is 2.46 bits per heavy atom. The second kappa shape index (κ2) is 9.94. The molecule has 0 saturated carbocycles. The van der Waals surface area contributed by atoms with Crippen molar-refractivity contribution < 1.29 is 23.2 Å². The van der Waals surface area contributed by atoms with Gasteiger partial charge in [0.2, 0.25) is 11.8 Å². The topological polar surface area (TPSA) is 96.6 Å². The smallest absolute Gasteiger partial charge is 0.257 e. The molecule has 2 aromatic heterocycles. The fourth-order valence-electron chi connectivity index (χ4n) is 4.65. The van der Waals surface area contributed by atoms with E-state index >= 15 is 0 Å². The van der Waals surface area contributed by atoms with Gasteiger partial charge in [-0.15, -0.1) is 0 Å². The van der Waals surface area contributed by atoms with E-state index in [2.05, 4.69) is 9.97 Å². The fraction of sp³-hybridized carbons (Fsp3) is 0.100. The zero-order valence-electron chi connectivity index (χ0n) is 20.5. The van der Waals surface area contributed by atoms with E-state index in [1.54, 1.807) is 48.8 Å². The first-order chi connectivity index (χ1) is 19.0. The van der Waals surface area contributed by atoms with Crippen molar-refractivity contribution in [2.75, 3.05) is 4.90 Å². The summed E-state index contributed by atoms with van der Waals surface area (Å²) in [5.74, 6) is -1.49. The summed E-state index contributed by atoms with van der Waals surface area (Å²) in [6, 6.07) is 21.7. The van der Waals surface area contributed by atoms with Crippen molar-refractivity contribution in [3.05, 3.63) is 114 Å². The Labute approximate surface area is 222 Å². The quantitative estimate of drug-likeness (QED) is 0.292. The van der Waals surface area contributed by atoms with Crippen molar-refractivity contribution in [1.29, 1.82) is 0 Å². The standard InChI is InChI=1S/C30H21FN4O4/c31-22-11-7-21(8-12-22)29(37)34(18-19-4-3-15-32-17-19)25-16-27(36)35(30(25)38)23-13-9-20(10-14-23)28-33-24-5-1-2-6-26(24)39-28/h1-15,17,25H,16,18H2. The molecule has 1 aliphatic heterocycles. The lowest BCUT2D eigenvalue weighted by Crippen LogP contribution is -2.45. The second-order valence-corrected chi connectivity index (χ2v) is 9.12. The minimum absolute atomic E-state index is 0.0538. The average molecular weight is 521 g/mol. The summed E-state index contributed by atoms with van der Waals surface area (Å²) in [5, 5.41) is 0. The van der Waals surface area contributed by atoms with Gasteiger partial charge in [-0.3, -0.25) is 19.4 Å². The van der Waals surface area contributed by atoms with Gasteiger partial charge in [-0.1, -0.05) is 18.2 Å². The maximum absolute atomic E-state index is 13.6. The summed E-state index contributed by atoms with van der Waals surface area (Å²) in [4.78, 5) is 51.2. The average Bonchev–Trinajstić information content (AvgIpc) is 3.52. The molecule has 0 spiro atoms. The number of imide groups is 1. The van der Waals surface area contributed by atoms with E-state index in [9.17, 15) is 18.8 Å². The van der Waals surface area contributed by atoms with Crippen LogP contribution in [0.2, 0.25) is 0 Å². The van der Waals surface area contributed by atoms with Crippen LogP contribution in [0.1, 0.15) is 22.3 Å². The van der Waals surface area contributed by atoms with Crippen LogP contribution >= 0.6 is 0 Å². The van der Waals surface area contributed by atoms with E-state index in [4.69, 9.17) is 4.42 Å². The summed E-state index contributed by atoms with van der Waals surface area (Å²) in [5.41, 5.74) is 3.35. The van der Waals surface area contributed by atoms with Gasteiger partial charge in [-0.2, -0.15) is 0 Å². The summed E-state index contributed by atoms with van der Waals surface area (Å²) in [7, 11) is 0. The van der Waals surface area contributed by atoms with E-state index in [1.807, 2.05) is 24.3 Å². The molecule has 8 nitrogen and oxygen atoms in total. The number of amides is 3. The van der Waals surface area contributed by atoms with E-state index < -0.39 is 29.6 Å². The second-order valence-electron chi connectivity index (χ2n) is 9.12. The molecule has 0 bridgehead atoms. The van der Waals surface area contributed by atoms with Crippen LogP contribution in [-0.4, -0.2) is 38.6 Å². The summed E-state index contributed by atoms with van der Waals surface area (Å²) >= 11 is 0. The van der Waals surface area contributed by atoms with Crippen LogP contribution in [0.3, 0.4) is 0 Å². The molecule has 1 unspecified atom stereocenters. The highest BCUT2D eigenvalue weighted by atomic mass is 19.1. The van der Waals surface area contributed by atoms with E-state index in [0.717, 1.165) is 10.4 Å². The van der Waals surface area contributed by atoms with Crippen LogP contribution in [0, 0.1) is 5.82 Å². The highest BCUT2D eigenvalue weighted by Gasteiger charge is 2.44. The van der Waals surface area contributed by atoms with Crippen molar-refractivity contribution >= 4 is 34.5 Å². The Morgan fingerprint density at radius 1 is 0.974 bits per heavy atom. The molecule has 3 amide bonds. The van der Waals surface area contributed by atoms with Gasteiger partial charge in [0, 0.05) is 30.1 Å². The SMILES string of the molecule is O=C1CC(N(Cc2cccnc2)C(=O)c2ccc(F)cc2)C(=O)N1c1ccc(-c2nc3ccccc3o2)cc1. The van der Waals surface area contributed by atoms with Crippen LogP contribution in [0.25, 0.3) is 22.6 Å². The van der Waals surface area contributed by atoms with Crippen LogP contribution in [0.5, 0.6) is 0 Å². The number of benzene rings is 3. The molecule has 1 saturated heterocycles. The molecule has 9 heteroatoms. The van der Waals surface area contributed by atoms with E-state index in [0.29, 0.717) is 28.3 Å². The summed E-state index contributed by atoms with van der Waals surface area (Å²) in [6.07, 6.45) is 3.01. The minimum Gasteiger partial charge on any atom is -0.436 e. The fourth-order valence-corrected chi connectivity index (χ4v) is 4.65. The third-order valence-electron chi connectivity index (χ3n) is 6.59. The van der Waals surface area contributed by atoms with Crippen LogP contribution in [0.15, 0.2) is 102 Å². The molecule has 3 heterocycles. The Balaban J connectivity index is 1.28. The number of oxazole rings is 1. The lowest BCUT2D eigenvalue weighted by molar-refractivity contribution is -0.122. The Bertz CT molecular complexity index is 1650. The molecular formula is C30H21FN4O4. The summed E-state index contributed by atoms with van der Waals surface area (Å²) < 4.78 is 19.3. The van der Waals surface area contributed by atoms with Gasteiger partial charge in [0.1, 0.15) is 17.4 Å². The van der Waals surface area contributed by atoms with Gasteiger partial charge < -0.3 is 9.32 Å². The maximum atomic E-state index is 13.6. The Hall–Kier alpha value is -5.18. The summed E-state index contributed by atoms with van der Waals surface area (Å²) in [6.45, 7) is 0.0538. The van der Waals surface area contributed by atoms with Crippen molar-refractivity contribution in [3.63, 3.8) is 0 Å². The van der Waals surface area contributed by atoms with E-state index in [1.165, 1.54) is 29.2 Å². The zero-order valence-corrected chi connectivity index (χ0v) is 20.5. The molecular weight excluding hydrogens is 499 g/mol. The van der Waals surface area contributed by atoms with Crippen LogP contribution in [0.4, 0.5) is 10.1 Å². The highest BCUT2D eigenvalue weighted by Crippen LogP contribution is 2.30. The number of hydrogen-bond donors (Lipinski definition) is 0. The number of fused-ring (bicyclic) bond motifs is 1. The van der Waals surface area contributed by atoms with Gasteiger partial charge in [0.15, 0.2) is 5.58 Å². The van der Waals surface area contributed by atoms with Gasteiger partial charge in [0.05, 0.1) is 12.1 Å². The lowest BCUT2D eigenvalue weighted by atomic mass is 10.1. The third-order valence-corrected chi connectivity index (χ3v) is 6.59. The predicted octanol–water partition coefficient (Wildman–Crippen LogP) is 5.00. The van der Waals surface area contributed by atoms with Gasteiger partial charge in [-0.05, 0) is 72.3 Å². The highest BCUT2D eigenvalue weighted by molar-refractivity contribution is 6.23. The van der Waals surface area contributed by atoms with E-state index in [-0.39, 0.29) is 18.5 Å². The molecule has 39 heavy (non-hydrogen) atoms. The molecule has 1 atom stereocenters. The van der Waals surface area contributed by atoms with Crippen molar-refractivity contribution in [2.24, 2.45) is 0 Å². The van der Waals surface area contributed by atoms with Crippen molar-refractivity contribution in [1.82, 2.24) is 14.9 Å². The number of carbonyl (C=O) groups is 3. The predicted molar refractivity (Wildman–Crippen MR) is 141 cm³/mol. The molecule has 6 rings (SSSR count). The number of para-hydroxylation sites is 2. The first-order valence-corrected chi connectivity index (χ1v) is 12.3. The van der Waals surface area contributed by atoms with Crippen molar-refractivity contribution in [2.45, 2.75) is 19.0 Å². The zero-order chi connectivity index (χ0) is 26.9. The van der Waals surface area contributed by atoms with Crippen molar-refractivity contribution in [3.8, 4) is 11.5 Å². The molecule has 192 valence electrons. The molecule has 1 aliphatic rings. The number of aromatic nitrogens is 2. The lowest BCUT2D eigenvalue weighted by Gasteiger charge is -2.28. The number of hydrogen-bond acceptors (Lipinski definition) is 6. The molecule has 3 aromatic carbocycles. The number of nitrogens with zero attached hydrogens (tertiary/aromatic N) is 4. The maximum Gasteiger partial charge on any atom is 0.257 e. The Kier molecular flexibility index (Phi) is 6.16. The molecule has 0 radical (unpaired) electrons. The monoisotopic (exact) mass is 520 g/mol. The van der Waals surface area contributed by atoms with Crippen LogP contribution < -0.4 is 4.90 Å². The van der Waals surface area contributed by atoms with Gasteiger partial charge in [0.25, 0.3) is 11.8 Å². The minimum atomic E-state index is -1.04. The number of carbonyl (C=O) groups excluding carboxylic acids is 3.